The van der Waals surface area contributed by atoms with Gasteiger partial charge in [-0.05, 0) is 6.42 Å². The van der Waals surface area contributed by atoms with Gasteiger partial charge in [0, 0.05) is 37.2 Å². The highest BCUT2D eigenvalue weighted by Crippen LogP contribution is 2.23. The van der Waals surface area contributed by atoms with Crippen molar-refractivity contribution in [2.24, 2.45) is 0 Å². The number of Topliss-reactive ketones (excluding diaryl/α,β-unsaturated/α-hetero) is 2. The van der Waals surface area contributed by atoms with Crippen molar-refractivity contribution in [2.75, 3.05) is 11.5 Å². The topological polar surface area (TPSA) is 34.1 Å². The molecular formula is C20H38O2S2. The zero-order valence-electron chi connectivity index (χ0n) is 15.9. The van der Waals surface area contributed by atoms with E-state index in [4.69, 9.17) is 0 Å². The van der Waals surface area contributed by atoms with Crippen LogP contribution in [-0.2, 0) is 9.59 Å². The molecule has 0 amide bonds. The van der Waals surface area contributed by atoms with Crippen molar-refractivity contribution in [1.82, 2.24) is 0 Å². The van der Waals surface area contributed by atoms with E-state index in [-0.39, 0.29) is 0 Å². The average Bonchev–Trinajstić information content (AvgIpc) is 2.59. The molecule has 0 N–H and O–H groups in total. The van der Waals surface area contributed by atoms with Gasteiger partial charge in [0.15, 0.2) is 0 Å². The molecule has 24 heavy (non-hydrogen) atoms. The number of hydrogen-bond acceptors (Lipinski definition) is 4. The molecule has 0 saturated heterocycles. The highest BCUT2D eigenvalue weighted by atomic mass is 33.1. The van der Waals surface area contributed by atoms with Gasteiger partial charge in [-0.3, -0.25) is 9.59 Å². The number of rotatable bonds is 19. The number of hydrogen-bond donors (Lipinski definition) is 0. The molecule has 0 radical (unpaired) electrons. The van der Waals surface area contributed by atoms with Crippen LogP contribution in [0.2, 0.25) is 0 Å². The molecule has 0 aromatic rings. The average molecular weight is 375 g/mol. The molecule has 0 aliphatic rings. The van der Waals surface area contributed by atoms with Crippen molar-refractivity contribution in [3.63, 3.8) is 0 Å². The van der Waals surface area contributed by atoms with E-state index in [1.54, 1.807) is 21.6 Å². The van der Waals surface area contributed by atoms with Crippen molar-refractivity contribution in [3.05, 3.63) is 0 Å². The molecule has 0 heterocycles. The molecule has 0 aliphatic heterocycles. The lowest BCUT2D eigenvalue weighted by Crippen LogP contribution is -1.99. The number of ketones is 2. The van der Waals surface area contributed by atoms with Crippen molar-refractivity contribution >= 4 is 33.2 Å². The maximum Gasteiger partial charge on any atom is 0.133 e. The molecule has 0 saturated carbocycles. The third-order valence-electron chi connectivity index (χ3n) is 4.22. The second-order valence-corrected chi connectivity index (χ2v) is 9.21. The molecule has 0 aromatic carbocycles. The third-order valence-corrected chi connectivity index (χ3v) is 6.62. The molecule has 142 valence electrons. The van der Waals surface area contributed by atoms with E-state index in [0.717, 1.165) is 24.3 Å². The van der Waals surface area contributed by atoms with E-state index in [1.165, 1.54) is 57.8 Å². The first-order valence-corrected chi connectivity index (χ1v) is 12.5. The summed E-state index contributed by atoms with van der Waals surface area (Å²) >= 11 is 0. The van der Waals surface area contributed by atoms with Crippen LogP contribution in [0, 0.1) is 0 Å². The lowest BCUT2D eigenvalue weighted by atomic mass is 10.0. The van der Waals surface area contributed by atoms with Crippen LogP contribution in [0.25, 0.3) is 0 Å². The minimum absolute atomic E-state index is 0.333. The maximum atomic E-state index is 11.8. The van der Waals surface area contributed by atoms with E-state index in [2.05, 4.69) is 6.92 Å². The Hall–Kier alpha value is 0.0400. The van der Waals surface area contributed by atoms with Gasteiger partial charge in [-0.25, -0.2) is 0 Å². The molecule has 0 aliphatic carbocycles. The fourth-order valence-corrected chi connectivity index (χ4v) is 4.61. The molecule has 0 rings (SSSR count). The normalized spacial score (nSPS) is 10.9. The van der Waals surface area contributed by atoms with Gasteiger partial charge >= 0.3 is 0 Å². The summed E-state index contributed by atoms with van der Waals surface area (Å²) in [7, 11) is 3.46. The van der Waals surface area contributed by atoms with Gasteiger partial charge in [0.1, 0.15) is 11.6 Å². The molecular weight excluding hydrogens is 336 g/mol. The second-order valence-electron chi connectivity index (χ2n) is 6.51. The molecule has 0 aromatic heterocycles. The summed E-state index contributed by atoms with van der Waals surface area (Å²) < 4.78 is 0. The highest BCUT2D eigenvalue weighted by molar-refractivity contribution is 8.76. The summed E-state index contributed by atoms with van der Waals surface area (Å²) in [5, 5.41) is 0. The molecule has 0 fully saturated rings. The number of unbranched alkanes of at least 4 members (excludes halogenated alkanes) is 9. The minimum atomic E-state index is 0.333. The zero-order chi connectivity index (χ0) is 17.9. The first-order chi connectivity index (χ1) is 11.7. The molecule has 2 nitrogen and oxygen atoms in total. The highest BCUT2D eigenvalue weighted by Gasteiger charge is 2.03. The monoisotopic (exact) mass is 374 g/mol. The van der Waals surface area contributed by atoms with E-state index in [1.807, 2.05) is 6.92 Å². The van der Waals surface area contributed by atoms with Crippen molar-refractivity contribution < 1.29 is 9.59 Å². The van der Waals surface area contributed by atoms with Crippen LogP contribution in [0.3, 0.4) is 0 Å². The van der Waals surface area contributed by atoms with E-state index >= 15 is 0 Å². The Kier molecular flexibility index (Phi) is 19.4. The summed E-state index contributed by atoms with van der Waals surface area (Å²) in [6.07, 6.45) is 15.9. The van der Waals surface area contributed by atoms with E-state index < -0.39 is 0 Å². The Labute approximate surface area is 158 Å². The van der Waals surface area contributed by atoms with Gasteiger partial charge in [0.05, 0.1) is 0 Å². The fourth-order valence-electron chi connectivity index (χ4n) is 2.54. The van der Waals surface area contributed by atoms with Crippen LogP contribution in [0.1, 0.15) is 104 Å². The van der Waals surface area contributed by atoms with Gasteiger partial charge < -0.3 is 0 Å². The van der Waals surface area contributed by atoms with Gasteiger partial charge in [0.25, 0.3) is 0 Å². The fraction of sp³-hybridized carbons (Fsp3) is 0.900. The standard InChI is InChI=1S/C20H38O2S2/c1-3-5-6-7-8-9-10-11-12-13-14-20(22)16-18-24-23-17-15-19(21)4-2/h3-18H2,1-2H3. The molecule has 0 bridgehead atoms. The Morgan fingerprint density at radius 3 is 1.54 bits per heavy atom. The van der Waals surface area contributed by atoms with Gasteiger partial charge in [-0.2, -0.15) is 0 Å². The number of carbonyl (C=O) groups is 2. The van der Waals surface area contributed by atoms with Crippen LogP contribution in [0.15, 0.2) is 0 Å². The molecule has 0 unspecified atom stereocenters. The van der Waals surface area contributed by atoms with Crippen LogP contribution in [0.4, 0.5) is 0 Å². The third kappa shape index (κ3) is 18.4. The molecule has 4 heteroatoms. The van der Waals surface area contributed by atoms with Gasteiger partial charge in [0.2, 0.25) is 0 Å². The predicted molar refractivity (Wildman–Crippen MR) is 111 cm³/mol. The summed E-state index contributed by atoms with van der Waals surface area (Å²) in [5.74, 6) is 2.51. The van der Waals surface area contributed by atoms with Gasteiger partial charge in [-0.1, -0.05) is 93.2 Å². The minimum Gasteiger partial charge on any atom is -0.300 e. The Bertz CT molecular complexity index is 306. The smallest absolute Gasteiger partial charge is 0.133 e. The molecule has 0 spiro atoms. The number of carbonyl (C=O) groups excluding carboxylic acids is 2. The SMILES string of the molecule is CCCCCCCCCCCCC(=O)CCSSCCC(=O)CC. The molecule has 0 atom stereocenters. The zero-order valence-corrected chi connectivity index (χ0v) is 17.6. The predicted octanol–water partition coefficient (Wildman–Crippen LogP) is 7.01. The first-order valence-electron chi connectivity index (χ1n) is 9.98. The second kappa shape index (κ2) is 19.4. The Morgan fingerprint density at radius 1 is 0.583 bits per heavy atom. The largest absolute Gasteiger partial charge is 0.300 e. The Morgan fingerprint density at radius 2 is 1.04 bits per heavy atom. The summed E-state index contributed by atoms with van der Waals surface area (Å²) in [4.78, 5) is 22.9. The summed E-state index contributed by atoms with van der Waals surface area (Å²) in [6, 6.07) is 0. The van der Waals surface area contributed by atoms with Crippen LogP contribution >= 0.6 is 21.6 Å². The first kappa shape index (κ1) is 24.0. The quantitative estimate of drug-likeness (QED) is 0.180. The van der Waals surface area contributed by atoms with Crippen molar-refractivity contribution in [1.29, 1.82) is 0 Å². The van der Waals surface area contributed by atoms with Crippen molar-refractivity contribution in [2.45, 2.75) is 104 Å². The van der Waals surface area contributed by atoms with E-state index in [0.29, 0.717) is 30.8 Å². The van der Waals surface area contributed by atoms with Crippen LogP contribution in [0.5, 0.6) is 0 Å². The Balaban J connectivity index is 3.20. The maximum absolute atomic E-state index is 11.8. The van der Waals surface area contributed by atoms with Crippen LogP contribution in [-0.4, -0.2) is 23.1 Å². The van der Waals surface area contributed by atoms with Crippen molar-refractivity contribution in [3.8, 4) is 0 Å². The van der Waals surface area contributed by atoms with Gasteiger partial charge in [-0.15, -0.1) is 0 Å². The lowest BCUT2D eigenvalue weighted by Gasteiger charge is -2.03. The van der Waals surface area contributed by atoms with Crippen LogP contribution < -0.4 is 0 Å². The summed E-state index contributed by atoms with van der Waals surface area (Å²) in [5.41, 5.74) is 0. The van der Waals surface area contributed by atoms with E-state index in [9.17, 15) is 9.59 Å². The lowest BCUT2D eigenvalue weighted by molar-refractivity contribution is -0.119. The summed E-state index contributed by atoms with van der Waals surface area (Å²) in [6.45, 7) is 4.17.